The lowest BCUT2D eigenvalue weighted by atomic mass is 10.1. The normalized spacial score (nSPS) is 9.53. The number of aryl methyl sites for hydroxylation is 1. The van der Waals surface area contributed by atoms with Gasteiger partial charge in [0.15, 0.2) is 10.1 Å². The van der Waals surface area contributed by atoms with Gasteiger partial charge in [-0.15, -0.1) is 4.91 Å². The van der Waals surface area contributed by atoms with Crippen molar-refractivity contribution in [3.8, 4) is 0 Å². The maximum atomic E-state index is 9.31. The van der Waals surface area contributed by atoms with Gasteiger partial charge in [-0.2, -0.15) is 0 Å². The molecule has 5 nitrogen and oxygen atoms in total. The number of rotatable bonds is 4. The largest absolute Gasteiger partial charge is 0.364 e. The van der Waals surface area contributed by atoms with Gasteiger partial charge in [-0.3, -0.25) is 0 Å². The maximum absolute atomic E-state index is 9.31. The van der Waals surface area contributed by atoms with E-state index in [9.17, 15) is 4.91 Å². The van der Waals surface area contributed by atoms with Crippen LogP contribution in [-0.2, 0) is 4.84 Å². The van der Waals surface area contributed by atoms with Gasteiger partial charge in [-0.05, 0) is 51.1 Å². The summed E-state index contributed by atoms with van der Waals surface area (Å²) in [5.41, 5.74) is 0.942. The zero-order valence-electron chi connectivity index (χ0n) is 9.98. The van der Waals surface area contributed by atoms with E-state index in [1.54, 1.807) is 6.20 Å². The molecule has 0 radical (unpaired) electrons. The Morgan fingerprint density at radius 3 is 2.53 bits per heavy atom. The molecule has 7 heteroatoms. The SMILES string of the molecule is CC(C)CCON=O.Cc1nc(Br)ncc1Br. The van der Waals surface area contributed by atoms with Crippen molar-refractivity contribution in [1.29, 1.82) is 0 Å². The zero-order chi connectivity index (χ0) is 13.3. The third-order valence-corrected chi connectivity index (χ3v) is 2.89. The van der Waals surface area contributed by atoms with Crippen LogP contribution in [0.15, 0.2) is 20.7 Å². The summed E-state index contributed by atoms with van der Waals surface area (Å²) in [6.07, 6.45) is 2.61. The van der Waals surface area contributed by atoms with Crippen LogP contribution in [0.1, 0.15) is 26.0 Å². The maximum Gasteiger partial charge on any atom is 0.196 e. The monoisotopic (exact) mass is 367 g/mol. The van der Waals surface area contributed by atoms with Crippen LogP contribution >= 0.6 is 31.9 Å². The van der Waals surface area contributed by atoms with E-state index < -0.39 is 0 Å². The summed E-state index contributed by atoms with van der Waals surface area (Å²) < 4.78 is 1.56. The molecule has 96 valence electrons. The molecule has 1 rings (SSSR count). The number of nitrogens with zero attached hydrogens (tertiary/aromatic N) is 3. The summed E-state index contributed by atoms with van der Waals surface area (Å²) in [5, 5.41) is 2.26. The molecular formula is C10H15Br2N3O2. The molecule has 0 N–H and O–H groups in total. The standard InChI is InChI=1S/C5H4Br2N2.C5H11NO2/c1-3-4(6)2-8-5(7)9-3;1-5(2)3-4-8-6-7/h2H,1H3;5H,3-4H2,1-2H3. The van der Waals surface area contributed by atoms with Crippen molar-refractivity contribution in [3.05, 3.63) is 26.0 Å². The molecule has 0 amide bonds. The first-order valence-electron chi connectivity index (χ1n) is 5.06. The average Bonchev–Trinajstić information content (AvgIpc) is 2.25. The van der Waals surface area contributed by atoms with Crippen LogP contribution < -0.4 is 0 Å². The first-order chi connectivity index (χ1) is 7.97. The molecule has 0 spiro atoms. The molecule has 0 atom stereocenters. The Morgan fingerprint density at radius 1 is 1.47 bits per heavy atom. The molecule has 0 saturated heterocycles. The molecule has 1 aromatic rings. The molecular weight excluding hydrogens is 354 g/mol. The first-order valence-corrected chi connectivity index (χ1v) is 6.65. The van der Waals surface area contributed by atoms with Gasteiger partial charge in [0.1, 0.15) is 6.61 Å². The summed E-state index contributed by atoms with van der Waals surface area (Å²) in [7, 11) is 0. The topological polar surface area (TPSA) is 64.4 Å². The molecule has 17 heavy (non-hydrogen) atoms. The predicted octanol–water partition coefficient (Wildman–Crippen LogP) is 4.04. The summed E-state index contributed by atoms with van der Waals surface area (Å²) in [6.45, 7) is 6.49. The van der Waals surface area contributed by atoms with Gasteiger partial charge in [0.2, 0.25) is 0 Å². The summed E-state index contributed by atoms with van der Waals surface area (Å²) in [5.74, 6) is 0.580. The molecule has 0 aromatic carbocycles. The molecule has 0 fully saturated rings. The van der Waals surface area contributed by atoms with Gasteiger partial charge in [0.25, 0.3) is 0 Å². The number of hydrogen-bond acceptors (Lipinski definition) is 5. The molecule has 1 aromatic heterocycles. The highest BCUT2D eigenvalue weighted by Crippen LogP contribution is 2.13. The minimum Gasteiger partial charge on any atom is -0.364 e. The second-order valence-electron chi connectivity index (χ2n) is 3.66. The molecule has 0 bridgehead atoms. The van der Waals surface area contributed by atoms with Gasteiger partial charge in [-0.25, -0.2) is 9.97 Å². The van der Waals surface area contributed by atoms with Gasteiger partial charge < -0.3 is 4.84 Å². The molecule has 0 saturated carbocycles. The quantitative estimate of drug-likeness (QED) is 0.348. The van der Waals surface area contributed by atoms with Gasteiger partial charge in [-0.1, -0.05) is 13.8 Å². The van der Waals surface area contributed by atoms with Crippen molar-refractivity contribution >= 4 is 31.9 Å². The van der Waals surface area contributed by atoms with Crippen LogP contribution in [-0.4, -0.2) is 16.6 Å². The van der Waals surface area contributed by atoms with Crippen molar-refractivity contribution in [3.63, 3.8) is 0 Å². The minimum atomic E-state index is 0.446. The summed E-state index contributed by atoms with van der Waals surface area (Å²) in [4.78, 5) is 21.5. The fourth-order valence-corrected chi connectivity index (χ4v) is 1.31. The van der Waals surface area contributed by atoms with E-state index in [1.807, 2.05) is 6.92 Å². The van der Waals surface area contributed by atoms with Crippen LogP contribution in [0.25, 0.3) is 0 Å². The fourth-order valence-electron chi connectivity index (χ4n) is 0.750. The zero-order valence-corrected chi connectivity index (χ0v) is 13.2. The van der Waals surface area contributed by atoms with Crippen LogP contribution in [0.5, 0.6) is 0 Å². The third-order valence-electron chi connectivity index (χ3n) is 1.73. The second-order valence-corrected chi connectivity index (χ2v) is 5.23. The Labute approximate surface area is 118 Å². The summed E-state index contributed by atoms with van der Waals surface area (Å²) >= 11 is 6.44. The highest BCUT2D eigenvalue weighted by molar-refractivity contribution is 9.10. The highest BCUT2D eigenvalue weighted by Gasteiger charge is 1.95. The van der Waals surface area contributed by atoms with Gasteiger partial charge >= 0.3 is 0 Å². The lowest BCUT2D eigenvalue weighted by Gasteiger charge is -1.98. The summed E-state index contributed by atoms with van der Waals surface area (Å²) in [6, 6.07) is 0. The Kier molecular flexibility index (Phi) is 9.16. The lowest BCUT2D eigenvalue weighted by Crippen LogP contribution is -1.93. The van der Waals surface area contributed by atoms with Gasteiger partial charge in [0.05, 0.1) is 10.2 Å². The van der Waals surface area contributed by atoms with Crippen LogP contribution in [0.3, 0.4) is 0 Å². The van der Waals surface area contributed by atoms with Crippen molar-refractivity contribution < 1.29 is 4.84 Å². The van der Waals surface area contributed by atoms with Crippen molar-refractivity contribution in [2.75, 3.05) is 6.61 Å². The van der Waals surface area contributed by atoms with E-state index in [4.69, 9.17) is 0 Å². The highest BCUT2D eigenvalue weighted by atomic mass is 79.9. The minimum absolute atomic E-state index is 0.446. The Hall–Kier alpha value is -0.560. The molecule has 0 aliphatic rings. The van der Waals surface area contributed by atoms with E-state index >= 15 is 0 Å². The van der Waals surface area contributed by atoms with E-state index in [-0.39, 0.29) is 0 Å². The van der Waals surface area contributed by atoms with Crippen LogP contribution in [0.4, 0.5) is 0 Å². The number of halogens is 2. The number of hydrogen-bond donors (Lipinski definition) is 0. The molecule has 0 unspecified atom stereocenters. The molecule has 1 heterocycles. The van der Waals surface area contributed by atoms with Crippen molar-refractivity contribution in [2.24, 2.45) is 11.3 Å². The average molecular weight is 369 g/mol. The molecule has 0 aliphatic heterocycles. The fraction of sp³-hybridized carbons (Fsp3) is 0.600. The Morgan fingerprint density at radius 2 is 2.12 bits per heavy atom. The Balaban J connectivity index is 0.000000304. The Bertz CT molecular complexity index is 348. The van der Waals surface area contributed by atoms with E-state index in [0.29, 0.717) is 17.3 Å². The van der Waals surface area contributed by atoms with E-state index in [1.165, 1.54) is 0 Å². The van der Waals surface area contributed by atoms with Crippen molar-refractivity contribution in [2.45, 2.75) is 27.2 Å². The van der Waals surface area contributed by atoms with Crippen molar-refractivity contribution in [1.82, 2.24) is 9.97 Å². The van der Waals surface area contributed by atoms with E-state index in [2.05, 4.69) is 65.9 Å². The third kappa shape index (κ3) is 9.17. The van der Waals surface area contributed by atoms with Crippen LogP contribution in [0, 0.1) is 17.7 Å². The first kappa shape index (κ1) is 16.4. The van der Waals surface area contributed by atoms with E-state index in [0.717, 1.165) is 16.6 Å². The smallest absolute Gasteiger partial charge is 0.196 e. The molecule has 0 aliphatic carbocycles. The predicted molar refractivity (Wildman–Crippen MR) is 73.4 cm³/mol. The van der Waals surface area contributed by atoms with Gasteiger partial charge in [0, 0.05) is 6.20 Å². The van der Waals surface area contributed by atoms with Crippen LogP contribution in [0.2, 0.25) is 0 Å². The number of aromatic nitrogens is 2. The second kappa shape index (κ2) is 9.47. The lowest BCUT2D eigenvalue weighted by molar-refractivity contribution is 0.128.